The van der Waals surface area contributed by atoms with Crippen molar-refractivity contribution in [2.24, 2.45) is 5.92 Å². The lowest BCUT2D eigenvalue weighted by Gasteiger charge is -2.21. The molecule has 0 aliphatic carbocycles. The number of ether oxygens (including phenoxy) is 1. The van der Waals surface area contributed by atoms with E-state index in [0.717, 1.165) is 17.0 Å². The molecule has 1 aromatic rings. The van der Waals surface area contributed by atoms with Gasteiger partial charge in [-0.2, -0.15) is 0 Å². The van der Waals surface area contributed by atoms with Crippen LogP contribution in [0.3, 0.4) is 0 Å². The molecule has 2 atom stereocenters. The highest BCUT2D eigenvalue weighted by molar-refractivity contribution is 7.10. The largest absolute Gasteiger partial charge is 0.468 e. The number of hydrogen-bond acceptors (Lipinski definition) is 5. The zero-order valence-corrected chi connectivity index (χ0v) is 11.3. The van der Waals surface area contributed by atoms with Crippen molar-refractivity contribution in [1.29, 1.82) is 0 Å². The number of carbonyl (C=O) groups excluding carboxylic acids is 1. The average Bonchev–Trinajstić information content (AvgIpc) is 2.74. The maximum absolute atomic E-state index is 11.6. The molecule has 3 N–H and O–H groups in total. The molecule has 0 amide bonds. The maximum atomic E-state index is 11.6. The summed E-state index contributed by atoms with van der Waals surface area (Å²) in [5.74, 6) is 0.0260. The second-order valence-electron chi connectivity index (χ2n) is 4.07. The third kappa shape index (κ3) is 3.71. The Labute approximate surface area is 106 Å². The van der Waals surface area contributed by atoms with Gasteiger partial charge in [0.2, 0.25) is 0 Å². The topological polar surface area (TPSA) is 64.3 Å². The minimum absolute atomic E-state index is 0.213. The predicted octanol–water partition coefficient (Wildman–Crippen LogP) is 2.01. The van der Waals surface area contributed by atoms with Crippen molar-refractivity contribution in [2.75, 3.05) is 12.8 Å². The van der Waals surface area contributed by atoms with Crippen LogP contribution in [0.2, 0.25) is 0 Å². The van der Waals surface area contributed by atoms with Gasteiger partial charge in [-0.1, -0.05) is 20.3 Å². The fourth-order valence-corrected chi connectivity index (χ4v) is 2.33. The minimum atomic E-state index is -0.272. The smallest absolute Gasteiger partial charge is 0.323 e. The second kappa shape index (κ2) is 6.61. The van der Waals surface area contributed by atoms with Crippen LogP contribution in [-0.4, -0.2) is 19.1 Å². The minimum Gasteiger partial charge on any atom is -0.468 e. The molecular weight excluding hydrogens is 236 g/mol. The van der Waals surface area contributed by atoms with Crippen LogP contribution >= 0.6 is 11.3 Å². The molecule has 4 nitrogen and oxygen atoms in total. The first-order valence-corrected chi connectivity index (χ1v) is 6.61. The van der Waals surface area contributed by atoms with Crippen molar-refractivity contribution in [3.63, 3.8) is 0 Å². The van der Waals surface area contributed by atoms with Crippen molar-refractivity contribution in [3.8, 4) is 0 Å². The lowest BCUT2D eigenvalue weighted by Crippen LogP contribution is -2.42. The van der Waals surface area contributed by atoms with Crippen LogP contribution in [0.15, 0.2) is 11.4 Å². The number of methoxy groups -OCH3 is 1. The van der Waals surface area contributed by atoms with Gasteiger partial charge in [0.05, 0.1) is 7.11 Å². The number of anilines is 1. The van der Waals surface area contributed by atoms with E-state index < -0.39 is 0 Å². The summed E-state index contributed by atoms with van der Waals surface area (Å²) >= 11 is 1.59. The van der Waals surface area contributed by atoms with Gasteiger partial charge in [-0.05, 0) is 17.4 Å². The van der Waals surface area contributed by atoms with Gasteiger partial charge in [0.25, 0.3) is 0 Å². The molecule has 1 aromatic heterocycles. The summed E-state index contributed by atoms with van der Waals surface area (Å²) in [6.07, 6.45) is 0.923. The first kappa shape index (κ1) is 14.0. The Morgan fingerprint density at radius 3 is 2.82 bits per heavy atom. The molecule has 1 heterocycles. The van der Waals surface area contributed by atoms with Gasteiger partial charge in [-0.25, -0.2) is 0 Å². The van der Waals surface area contributed by atoms with Crippen LogP contribution in [0, 0.1) is 5.92 Å². The molecule has 0 bridgehead atoms. The maximum Gasteiger partial charge on any atom is 0.323 e. The molecule has 5 heteroatoms. The Hall–Kier alpha value is -1.07. The van der Waals surface area contributed by atoms with Gasteiger partial charge in [0.15, 0.2) is 0 Å². The van der Waals surface area contributed by atoms with E-state index in [4.69, 9.17) is 10.5 Å². The van der Waals surface area contributed by atoms with Crippen LogP contribution in [0.1, 0.15) is 25.1 Å². The molecule has 0 radical (unpaired) electrons. The molecule has 0 fully saturated rings. The standard InChI is InChI=1S/C12H20N2O2S/c1-4-8(2)11(12(15)16-3)14-7-10-9(13)5-6-17-10/h5-6,8,11,14H,4,7,13H2,1-3H3. The van der Waals surface area contributed by atoms with Crippen molar-refractivity contribution in [1.82, 2.24) is 5.32 Å². The number of hydrogen-bond donors (Lipinski definition) is 2. The molecule has 0 aromatic carbocycles. The summed E-state index contributed by atoms with van der Waals surface area (Å²) in [6, 6.07) is 1.60. The summed E-state index contributed by atoms with van der Waals surface area (Å²) in [5.41, 5.74) is 6.57. The Morgan fingerprint density at radius 1 is 1.65 bits per heavy atom. The third-order valence-electron chi connectivity index (χ3n) is 2.93. The number of rotatable bonds is 6. The molecule has 0 spiro atoms. The van der Waals surface area contributed by atoms with E-state index in [1.807, 2.05) is 18.4 Å². The van der Waals surface area contributed by atoms with Crippen LogP contribution in [0.4, 0.5) is 5.69 Å². The van der Waals surface area contributed by atoms with Gasteiger partial charge >= 0.3 is 5.97 Å². The van der Waals surface area contributed by atoms with E-state index in [1.54, 1.807) is 11.3 Å². The van der Waals surface area contributed by atoms with E-state index in [9.17, 15) is 4.79 Å². The highest BCUT2D eigenvalue weighted by atomic mass is 32.1. The number of carbonyl (C=O) groups is 1. The molecule has 0 saturated carbocycles. The van der Waals surface area contributed by atoms with Gasteiger partial charge in [-0.3, -0.25) is 10.1 Å². The number of thiophene rings is 1. The normalized spacial score (nSPS) is 14.3. The summed E-state index contributed by atoms with van der Waals surface area (Å²) in [4.78, 5) is 12.7. The highest BCUT2D eigenvalue weighted by Gasteiger charge is 2.24. The fourth-order valence-electron chi connectivity index (χ4n) is 1.58. The average molecular weight is 256 g/mol. The molecule has 0 aliphatic rings. The van der Waals surface area contributed by atoms with Crippen molar-refractivity contribution in [3.05, 3.63) is 16.3 Å². The first-order valence-electron chi connectivity index (χ1n) is 5.73. The number of nitrogens with one attached hydrogen (secondary N) is 1. The lowest BCUT2D eigenvalue weighted by atomic mass is 9.99. The lowest BCUT2D eigenvalue weighted by molar-refractivity contribution is -0.144. The van der Waals surface area contributed by atoms with Gasteiger partial charge < -0.3 is 10.5 Å². The van der Waals surface area contributed by atoms with Crippen LogP contribution in [-0.2, 0) is 16.1 Å². The van der Waals surface area contributed by atoms with Crippen LogP contribution in [0.5, 0.6) is 0 Å². The zero-order chi connectivity index (χ0) is 12.8. The van der Waals surface area contributed by atoms with Gasteiger partial charge in [0.1, 0.15) is 6.04 Å². The third-order valence-corrected chi connectivity index (χ3v) is 3.87. The predicted molar refractivity (Wildman–Crippen MR) is 70.8 cm³/mol. The number of nitrogen functional groups attached to an aromatic ring is 1. The Balaban J connectivity index is 2.61. The molecule has 0 saturated heterocycles. The Kier molecular flexibility index (Phi) is 5.44. The van der Waals surface area contributed by atoms with E-state index in [2.05, 4.69) is 12.2 Å². The molecule has 17 heavy (non-hydrogen) atoms. The Morgan fingerprint density at radius 2 is 2.35 bits per heavy atom. The number of esters is 1. The fraction of sp³-hybridized carbons (Fsp3) is 0.583. The van der Waals surface area contributed by atoms with E-state index in [1.165, 1.54) is 7.11 Å². The second-order valence-corrected chi connectivity index (χ2v) is 5.07. The summed E-state index contributed by atoms with van der Waals surface area (Å²) in [5, 5.41) is 5.17. The molecule has 1 rings (SSSR count). The quantitative estimate of drug-likeness (QED) is 0.764. The number of nitrogens with two attached hydrogens (primary N) is 1. The van der Waals surface area contributed by atoms with Crippen molar-refractivity contribution in [2.45, 2.75) is 32.9 Å². The summed E-state index contributed by atoms with van der Waals surface area (Å²) in [7, 11) is 1.42. The van der Waals surface area contributed by atoms with Crippen LogP contribution < -0.4 is 11.1 Å². The SMILES string of the molecule is CCC(C)C(NCc1sccc1N)C(=O)OC. The van der Waals surface area contributed by atoms with Crippen LogP contribution in [0.25, 0.3) is 0 Å². The van der Waals surface area contributed by atoms with E-state index in [0.29, 0.717) is 6.54 Å². The monoisotopic (exact) mass is 256 g/mol. The molecule has 2 unspecified atom stereocenters. The zero-order valence-electron chi connectivity index (χ0n) is 10.5. The summed E-state index contributed by atoms with van der Waals surface area (Å²) in [6.45, 7) is 4.70. The van der Waals surface area contributed by atoms with Gasteiger partial charge in [-0.15, -0.1) is 11.3 Å². The van der Waals surface area contributed by atoms with Crippen molar-refractivity contribution >= 4 is 23.0 Å². The van der Waals surface area contributed by atoms with E-state index in [-0.39, 0.29) is 17.9 Å². The molecule has 96 valence electrons. The summed E-state index contributed by atoms with van der Waals surface area (Å²) < 4.78 is 4.81. The molecular formula is C12H20N2O2S. The van der Waals surface area contributed by atoms with Crippen molar-refractivity contribution < 1.29 is 9.53 Å². The first-order chi connectivity index (χ1) is 8.10. The Bertz CT molecular complexity index is 365. The molecule has 0 aliphatic heterocycles. The van der Waals surface area contributed by atoms with E-state index >= 15 is 0 Å². The highest BCUT2D eigenvalue weighted by Crippen LogP contribution is 2.19. The van der Waals surface area contributed by atoms with Gasteiger partial charge in [0, 0.05) is 17.1 Å².